The Labute approximate surface area is 159 Å². The maximum atomic E-state index is 13.1. The van der Waals surface area contributed by atoms with Crippen molar-refractivity contribution in [1.82, 2.24) is 9.29 Å². The molecule has 0 spiro atoms. The molecule has 0 amide bonds. The van der Waals surface area contributed by atoms with Crippen LogP contribution in [-0.2, 0) is 16.6 Å². The molecule has 4 rings (SSSR count). The summed E-state index contributed by atoms with van der Waals surface area (Å²) in [4.78, 5) is 6.45. The quantitative estimate of drug-likeness (QED) is 0.671. The van der Waals surface area contributed by atoms with Gasteiger partial charge < -0.3 is 9.32 Å². The zero-order chi connectivity index (χ0) is 18.9. The third kappa shape index (κ3) is 3.57. The molecular weight excluding hydrogens is 362 g/mol. The first kappa shape index (κ1) is 18.0. The number of sulfonamides is 1. The first-order chi connectivity index (χ1) is 13.1. The highest BCUT2D eigenvalue weighted by Crippen LogP contribution is 2.28. The van der Waals surface area contributed by atoms with Crippen LogP contribution in [0.15, 0.2) is 58.0 Å². The average molecular weight is 385 g/mol. The van der Waals surface area contributed by atoms with Gasteiger partial charge in [-0.3, -0.25) is 0 Å². The summed E-state index contributed by atoms with van der Waals surface area (Å²) in [5, 5.41) is 1.03. The third-order valence-electron chi connectivity index (χ3n) is 4.91. The fraction of sp³-hybridized carbons (Fsp3) is 0.350. The summed E-state index contributed by atoms with van der Waals surface area (Å²) in [5.41, 5.74) is 0.822. The zero-order valence-corrected chi connectivity index (χ0v) is 16.2. The number of furan rings is 1. The fourth-order valence-corrected chi connectivity index (χ4v) is 5.24. The van der Waals surface area contributed by atoms with Crippen molar-refractivity contribution in [3.8, 4) is 0 Å². The molecule has 0 atom stereocenters. The summed E-state index contributed by atoms with van der Waals surface area (Å²) in [5.74, 6) is 1.22. The van der Waals surface area contributed by atoms with E-state index in [0.717, 1.165) is 36.0 Å². The molecule has 1 aliphatic heterocycles. The van der Waals surface area contributed by atoms with Crippen molar-refractivity contribution in [2.24, 2.45) is 0 Å². The molecule has 27 heavy (non-hydrogen) atoms. The molecule has 3 heterocycles. The number of benzene rings is 1. The highest BCUT2D eigenvalue weighted by Gasteiger charge is 2.29. The van der Waals surface area contributed by atoms with E-state index < -0.39 is 10.0 Å². The maximum Gasteiger partial charge on any atom is 0.246 e. The minimum Gasteiger partial charge on any atom is -0.459 e. The van der Waals surface area contributed by atoms with Gasteiger partial charge in [0.15, 0.2) is 0 Å². The van der Waals surface area contributed by atoms with E-state index in [-0.39, 0.29) is 4.90 Å². The molecule has 0 bridgehead atoms. The SMILES string of the molecule is CN(Cc1cc2ccccc2o1)c1ncccc1S(=O)(=O)N1CCCCC1. The number of pyridine rings is 1. The number of nitrogens with zero attached hydrogens (tertiary/aromatic N) is 3. The van der Waals surface area contributed by atoms with Crippen LogP contribution in [0.3, 0.4) is 0 Å². The summed E-state index contributed by atoms with van der Waals surface area (Å²) >= 11 is 0. The normalized spacial score (nSPS) is 15.9. The number of hydrogen-bond donors (Lipinski definition) is 0. The van der Waals surface area contributed by atoms with Gasteiger partial charge in [-0.15, -0.1) is 0 Å². The first-order valence-electron chi connectivity index (χ1n) is 9.19. The summed E-state index contributed by atoms with van der Waals surface area (Å²) in [6.45, 7) is 1.59. The van der Waals surface area contributed by atoms with E-state index in [4.69, 9.17) is 4.42 Å². The molecule has 3 aromatic rings. The van der Waals surface area contributed by atoms with Crippen molar-refractivity contribution in [1.29, 1.82) is 0 Å². The van der Waals surface area contributed by atoms with Crippen LogP contribution in [0.25, 0.3) is 11.0 Å². The Kier molecular flexibility index (Phi) is 4.88. The molecule has 0 N–H and O–H groups in total. The van der Waals surface area contributed by atoms with Gasteiger partial charge in [0.1, 0.15) is 22.1 Å². The highest BCUT2D eigenvalue weighted by molar-refractivity contribution is 7.89. The molecule has 1 aromatic carbocycles. The molecule has 1 fully saturated rings. The van der Waals surface area contributed by atoms with E-state index in [1.54, 1.807) is 22.6 Å². The van der Waals surface area contributed by atoms with E-state index >= 15 is 0 Å². The van der Waals surface area contributed by atoms with Crippen molar-refractivity contribution in [3.05, 3.63) is 54.4 Å². The summed E-state index contributed by atoms with van der Waals surface area (Å²) in [6, 6.07) is 13.1. The Hall–Kier alpha value is -2.38. The second kappa shape index (κ2) is 7.32. The molecule has 0 saturated carbocycles. The second-order valence-electron chi connectivity index (χ2n) is 6.90. The standard InChI is InChI=1S/C20H23N3O3S/c1-22(15-17-14-16-8-3-4-9-18(16)26-17)20-19(10-7-11-21-20)27(24,25)23-12-5-2-6-13-23/h3-4,7-11,14H,2,5-6,12-13,15H2,1H3. The van der Waals surface area contributed by atoms with Gasteiger partial charge in [-0.05, 0) is 37.1 Å². The van der Waals surface area contributed by atoms with Crippen molar-refractivity contribution in [2.45, 2.75) is 30.7 Å². The Morgan fingerprint density at radius 2 is 1.89 bits per heavy atom. The molecular formula is C20H23N3O3S. The zero-order valence-electron chi connectivity index (χ0n) is 15.3. The Morgan fingerprint density at radius 3 is 2.67 bits per heavy atom. The van der Waals surface area contributed by atoms with Crippen LogP contribution in [-0.4, -0.2) is 37.8 Å². The predicted molar refractivity (Wildman–Crippen MR) is 105 cm³/mol. The molecule has 142 valence electrons. The monoisotopic (exact) mass is 385 g/mol. The number of hydrogen-bond acceptors (Lipinski definition) is 5. The number of aromatic nitrogens is 1. The maximum absolute atomic E-state index is 13.1. The lowest BCUT2D eigenvalue weighted by Crippen LogP contribution is -2.36. The minimum atomic E-state index is -3.56. The number of fused-ring (bicyclic) bond motifs is 1. The average Bonchev–Trinajstić information content (AvgIpc) is 3.11. The van der Waals surface area contributed by atoms with Gasteiger partial charge in [0.2, 0.25) is 10.0 Å². The molecule has 0 unspecified atom stereocenters. The van der Waals surface area contributed by atoms with Gasteiger partial charge in [0.05, 0.1) is 6.54 Å². The summed E-state index contributed by atoms with van der Waals surface area (Å²) in [7, 11) is -1.72. The number of para-hydroxylation sites is 1. The lowest BCUT2D eigenvalue weighted by molar-refractivity contribution is 0.346. The summed E-state index contributed by atoms with van der Waals surface area (Å²) in [6.07, 6.45) is 4.52. The van der Waals surface area contributed by atoms with Crippen LogP contribution in [0, 0.1) is 0 Å². The lowest BCUT2D eigenvalue weighted by Gasteiger charge is -2.28. The number of rotatable bonds is 5. The van der Waals surface area contributed by atoms with E-state index in [1.807, 2.05) is 42.3 Å². The van der Waals surface area contributed by atoms with Gasteiger partial charge >= 0.3 is 0 Å². The number of piperidine rings is 1. The van der Waals surface area contributed by atoms with Crippen molar-refractivity contribution < 1.29 is 12.8 Å². The Bertz CT molecular complexity index is 1010. The van der Waals surface area contributed by atoms with Gasteiger partial charge in [0.25, 0.3) is 0 Å². The minimum absolute atomic E-state index is 0.255. The van der Waals surface area contributed by atoms with Gasteiger partial charge in [-0.25, -0.2) is 13.4 Å². The first-order valence-corrected chi connectivity index (χ1v) is 10.6. The predicted octanol–water partition coefficient (Wildman–Crippen LogP) is 3.64. The van der Waals surface area contributed by atoms with Gasteiger partial charge in [-0.1, -0.05) is 24.6 Å². The van der Waals surface area contributed by atoms with Crippen LogP contribution in [0.5, 0.6) is 0 Å². The molecule has 0 radical (unpaired) electrons. The number of anilines is 1. The van der Waals surface area contributed by atoms with E-state index in [2.05, 4.69) is 4.98 Å². The van der Waals surface area contributed by atoms with Crippen LogP contribution < -0.4 is 4.90 Å². The fourth-order valence-electron chi connectivity index (χ4n) is 3.54. The van der Waals surface area contributed by atoms with Crippen molar-refractivity contribution >= 4 is 26.8 Å². The molecule has 0 aliphatic carbocycles. The summed E-state index contributed by atoms with van der Waals surface area (Å²) < 4.78 is 33.7. The van der Waals surface area contributed by atoms with E-state index in [9.17, 15) is 8.42 Å². The van der Waals surface area contributed by atoms with Crippen LogP contribution >= 0.6 is 0 Å². The van der Waals surface area contributed by atoms with Crippen molar-refractivity contribution in [2.75, 3.05) is 25.0 Å². The van der Waals surface area contributed by atoms with Crippen LogP contribution in [0.4, 0.5) is 5.82 Å². The Morgan fingerprint density at radius 1 is 1.11 bits per heavy atom. The van der Waals surface area contributed by atoms with Crippen LogP contribution in [0.2, 0.25) is 0 Å². The molecule has 2 aromatic heterocycles. The third-order valence-corrected chi connectivity index (χ3v) is 6.83. The van der Waals surface area contributed by atoms with Gasteiger partial charge in [0, 0.05) is 31.7 Å². The lowest BCUT2D eigenvalue weighted by atomic mass is 10.2. The molecule has 1 aliphatic rings. The molecule has 6 nitrogen and oxygen atoms in total. The topological polar surface area (TPSA) is 66.7 Å². The largest absolute Gasteiger partial charge is 0.459 e. The van der Waals surface area contributed by atoms with Crippen LogP contribution in [0.1, 0.15) is 25.0 Å². The highest BCUT2D eigenvalue weighted by atomic mass is 32.2. The Balaban J connectivity index is 1.63. The molecule has 7 heteroatoms. The van der Waals surface area contributed by atoms with E-state index in [0.29, 0.717) is 25.5 Å². The van der Waals surface area contributed by atoms with Gasteiger partial charge in [-0.2, -0.15) is 4.31 Å². The van der Waals surface area contributed by atoms with Crippen molar-refractivity contribution in [3.63, 3.8) is 0 Å². The second-order valence-corrected chi connectivity index (χ2v) is 8.80. The van der Waals surface area contributed by atoms with E-state index in [1.165, 1.54) is 0 Å². The smallest absolute Gasteiger partial charge is 0.246 e. The molecule has 1 saturated heterocycles.